The highest BCUT2D eigenvalue weighted by Gasteiger charge is 2.20. The van der Waals surface area contributed by atoms with E-state index in [-0.39, 0.29) is 42.9 Å². The molecule has 1 amide bonds. The lowest BCUT2D eigenvalue weighted by Gasteiger charge is -2.23. The van der Waals surface area contributed by atoms with E-state index in [1.807, 2.05) is 26.0 Å². The van der Waals surface area contributed by atoms with E-state index in [1.165, 1.54) is 6.07 Å². The molecule has 33 heavy (non-hydrogen) atoms. The number of anilines is 1. The minimum atomic E-state index is -3.74. The predicted molar refractivity (Wildman–Crippen MR) is 126 cm³/mol. The van der Waals surface area contributed by atoms with E-state index < -0.39 is 21.7 Å². The summed E-state index contributed by atoms with van der Waals surface area (Å²) in [5, 5.41) is 2.95. The van der Waals surface area contributed by atoms with Crippen molar-refractivity contribution >= 4 is 21.6 Å². The molecule has 0 aliphatic heterocycles. The minimum absolute atomic E-state index is 0.0141. The number of carbonyl (C=O) groups is 1. The molecular formula is C24H32F2N2O4S. The summed E-state index contributed by atoms with van der Waals surface area (Å²) in [7, 11) is -2.11. The molecular weight excluding hydrogens is 450 g/mol. The van der Waals surface area contributed by atoms with Crippen LogP contribution in [0.15, 0.2) is 30.3 Å². The molecule has 0 aromatic heterocycles. The van der Waals surface area contributed by atoms with Crippen LogP contribution in [-0.2, 0) is 14.8 Å². The Labute approximate surface area is 195 Å². The Balaban J connectivity index is 2.05. The zero-order chi connectivity index (χ0) is 24.9. The second-order valence-electron chi connectivity index (χ2n) is 8.43. The number of ether oxygens (including phenoxy) is 1. The van der Waals surface area contributed by atoms with Gasteiger partial charge in [-0.25, -0.2) is 17.2 Å². The van der Waals surface area contributed by atoms with Crippen LogP contribution in [0.4, 0.5) is 14.5 Å². The van der Waals surface area contributed by atoms with Gasteiger partial charge in [0.25, 0.3) is 0 Å². The molecule has 2 rings (SSSR count). The highest BCUT2D eigenvalue weighted by atomic mass is 32.2. The maximum atomic E-state index is 13.6. The molecule has 0 saturated heterocycles. The van der Waals surface area contributed by atoms with Crippen LogP contribution in [0.2, 0.25) is 0 Å². The molecule has 0 aliphatic carbocycles. The monoisotopic (exact) mass is 482 g/mol. The van der Waals surface area contributed by atoms with Crippen LogP contribution >= 0.6 is 0 Å². The quantitative estimate of drug-likeness (QED) is 0.526. The Morgan fingerprint density at radius 2 is 1.76 bits per heavy atom. The van der Waals surface area contributed by atoms with Gasteiger partial charge in [-0.1, -0.05) is 13.8 Å². The first-order valence-corrected chi connectivity index (χ1v) is 12.6. The number of benzene rings is 2. The molecule has 0 saturated carbocycles. The number of hydrogen-bond acceptors (Lipinski definition) is 4. The van der Waals surface area contributed by atoms with Crippen LogP contribution in [0, 0.1) is 18.6 Å². The summed E-state index contributed by atoms with van der Waals surface area (Å²) in [5.41, 5.74) is 3.04. The van der Waals surface area contributed by atoms with E-state index >= 15 is 0 Å². The van der Waals surface area contributed by atoms with Crippen LogP contribution in [0.1, 0.15) is 62.3 Å². The first-order valence-electron chi connectivity index (χ1n) is 10.8. The lowest BCUT2D eigenvalue weighted by Crippen LogP contribution is -2.32. The first kappa shape index (κ1) is 26.6. The van der Waals surface area contributed by atoms with Crippen LogP contribution in [0.5, 0.6) is 5.75 Å². The lowest BCUT2D eigenvalue weighted by atomic mass is 9.93. The summed E-state index contributed by atoms with van der Waals surface area (Å²) in [5.74, 6) is -1.37. The molecule has 6 nitrogen and oxygen atoms in total. The van der Waals surface area contributed by atoms with Crippen molar-refractivity contribution in [3.05, 3.63) is 58.7 Å². The Hall–Kier alpha value is -2.68. The molecule has 0 radical (unpaired) electrons. The van der Waals surface area contributed by atoms with Crippen molar-refractivity contribution in [3.8, 4) is 5.75 Å². The molecule has 2 aromatic carbocycles. The summed E-state index contributed by atoms with van der Waals surface area (Å²) in [6.45, 7) is 7.95. The van der Waals surface area contributed by atoms with Gasteiger partial charge in [0.2, 0.25) is 15.9 Å². The van der Waals surface area contributed by atoms with Crippen molar-refractivity contribution in [2.75, 3.05) is 24.2 Å². The number of nitrogens with zero attached hydrogens (tertiary/aromatic N) is 1. The molecule has 2 aromatic rings. The van der Waals surface area contributed by atoms with Crippen molar-refractivity contribution < 1.29 is 26.7 Å². The van der Waals surface area contributed by atoms with Gasteiger partial charge in [0.05, 0.1) is 25.1 Å². The molecule has 0 unspecified atom stereocenters. The predicted octanol–water partition coefficient (Wildman–Crippen LogP) is 4.83. The van der Waals surface area contributed by atoms with Crippen LogP contribution in [0.3, 0.4) is 0 Å². The molecule has 0 spiro atoms. The van der Waals surface area contributed by atoms with Crippen molar-refractivity contribution in [2.24, 2.45) is 0 Å². The minimum Gasteiger partial charge on any atom is -0.496 e. The van der Waals surface area contributed by atoms with Gasteiger partial charge in [0, 0.05) is 19.0 Å². The number of nitrogens with one attached hydrogen (secondary N) is 1. The van der Waals surface area contributed by atoms with E-state index in [9.17, 15) is 22.0 Å². The number of halogens is 2. The second kappa shape index (κ2) is 11.0. The largest absolute Gasteiger partial charge is 0.496 e. The van der Waals surface area contributed by atoms with E-state index in [4.69, 9.17) is 4.74 Å². The maximum absolute atomic E-state index is 13.6. The SMILES string of the molecule is COc1cc(C)c([C@H](C)NC(=O)CCCN(c2ccc(F)c(F)c2)S(C)(=O)=O)cc1C(C)C. The van der Waals surface area contributed by atoms with Gasteiger partial charge in [0.1, 0.15) is 5.75 Å². The number of carbonyl (C=O) groups excluding carboxylic acids is 1. The molecule has 0 heterocycles. The van der Waals surface area contributed by atoms with Crippen molar-refractivity contribution in [3.63, 3.8) is 0 Å². The smallest absolute Gasteiger partial charge is 0.232 e. The standard InChI is InChI=1S/C24H32F2N2O4S/c1-15(2)19-14-20(16(3)12-23(19)32-5)17(4)27-24(29)8-7-11-28(33(6,30)31)18-9-10-21(25)22(26)13-18/h9-10,12-15,17H,7-8,11H2,1-6H3,(H,27,29)/t17-/m0/s1. The molecule has 0 aliphatic rings. The van der Waals surface area contributed by atoms with Gasteiger partial charge in [-0.15, -0.1) is 0 Å². The third-order valence-corrected chi connectivity index (χ3v) is 6.63. The summed E-state index contributed by atoms with van der Waals surface area (Å²) in [6.07, 6.45) is 1.27. The van der Waals surface area contributed by atoms with E-state index in [2.05, 4.69) is 19.2 Å². The Kier molecular flexibility index (Phi) is 8.82. The molecule has 1 atom stereocenters. The highest BCUT2D eigenvalue weighted by molar-refractivity contribution is 7.92. The zero-order valence-corrected chi connectivity index (χ0v) is 20.7. The average Bonchev–Trinajstić information content (AvgIpc) is 2.71. The van der Waals surface area contributed by atoms with Crippen LogP contribution in [0.25, 0.3) is 0 Å². The van der Waals surface area contributed by atoms with Gasteiger partial charge >= 0.3 is 0 Å². The first-order chi connectivity index (χ1) is 15.3. The van der Waals surface area contributed by atoms with Gasteiger partial charge in [-0.2, -0.15) is 0 Å². The average molecular weight is 483 g/mol. The normalized spacial score (nSPS) is 12.5. The number of hydrogen-bond donors (Lipinski definition) is 1. The van der Waals surface area contributed by atoms with Crippen molar-refractivity contribution in [2.45, 2.75) is 52.5 Å². The number of amides is 1. The van der Waals surface area contributed by atoms with Gasteiger partial charge in [-0.05, 0) is 67.1 Å². The Bertz CT molecular complexity index is 1100. The molecule has 0 bridgehead atoms. The molecule has 0 fully saturated rings. The zero-order valence-electron chi connectivity index (χ0n) is 19.9. The Morgan fingerprint density at radius 3 is 2.30 bits per heavy atom. The summed E-state index contributed by atoms with van der Waals surface area (Å²) in [6, 6.07) is 6.65. The third kappa shape index (κ3) is 6.90. The fourth-order valence-corrected chi connectivity index (χ4v) is 4.67. The highest BCUT2D eigenvalue weighted by Crippen LogP contribution is 2.32. The summed E-state index contributed by atoms with van der Waals surface area (Å²) in [4.78, 5) is 12.5. The fourth-order valence-electron chi connectivity index (χ4n) is 3.71. The summed E-state index contributed by atoms with van der Waals surface area (Å²) >= 11 is 0. The van der Waals surface area contributed by atoms with Crippen molar-refractivity contribution in [1.29, 1.82) is 0 Å². The Morgan fingerprint density at radius 1 is 1.09 bits per heavy atom. The molecule has 1 N–H and O–H groups in total. The van der Waals surface area contributed by atoms with Crippen LogP contribution in [-0.4, -0.2) is 34.2 Å². The van der Waals surface area contributed by atoms with Gasteiger partial charge in [-0.3, -0.25) is 9.10 Å². The summed E-state index contributed by atoms with van der Waals surface area (Å²) < 4.78 is 57.5. The number of rotatable bonds is 10. The topological polar surface area (TPSA) is 75.7 Å². The third-order valence-electron chi connectivity index (χ3n) is 5.44. The second-order valence-corrected chi connectivity index (χ2v) is 10.3. The molecule has 182 valence electrons. The fraction of sp³-hybridized carbons (Fsp3) is 0.458. The number of aryl methyl sites for hydroxylation is 1. The van der Waals surface area contributed by atoms with E-state index in [1.54, 1.807) is 7.11 Å². The maximum Gasteiger partial charge on any atom is 0.232 e. The van der Waals surface area contributed by atoms with Gasteiger partial charge in [0.15, 0.2) is 11.6 Å². The molecule has 9 heteroatoms. The lowest BCUT2D eigenvalue weighted by molar-refractivity contribution is -0.121. The van der Waals surface area contributed by atoms with Crippen LogP contribution < -0.4 is 14.4 Å². The van der Waals surface area contributed by atoms with E-state index in [0.29, 0.717) is 0 Å². The number of sulfonamides is 1. The van der Waals surface area contributed by atoms with Gasteiger partial charge < -0.3 is 10.1 Å². The van der Waals surface area contributed by atoms with Crippen molar-refractivity contribution in [1.82, 2.24) is 5.32 Å². The number of methoxy groups -OCH3 is 1. The van der Waals surface area contributed by atoms with E-state index in [0.717, 1.165) is 45.1 Å².